The molecule has 1 heterocycles. The molecule has 0 saturated carbocycles. The molecule has 6 nitrogen and oxygen atoms in total. The lowest BCUT2D eigenvalue weighted by Gasteiger charge is -2.29. The van der Waals surface area contributed by atoms with Crippen LogP contribution in [0.1, 0.15) is 33.6 Å². The molecule has 19 heavy (non-hydrogen) atoms. The van der Waals surface area contributed by atoms with Crippen molar-refractivity contribution in [1.82, 2.24) is 10.6 Å². The molecule has 110 valence electrons. The van der Waals surface area contributed by atoms with E-state index in [0.29, 0.717) is 19.6 Å². The first kappa shape index (κ1) is 15.9. The zero-order valence-corrected chi connectivity index (χ0v) is 11.9. The minimum Gasteiger partial charge on any atom is -0.481 e. The van der Waals surface area contributed by atoms with E-state index in [2.05, 4.69) is 10.6 Å². The van der Waals surface area contributed by atoms with E-state index < -0.39 is 12.1 Å². The van der Waals surface area contributed by atoms with Crippen molar-refractivity contribution in [3.63, 3.8) is 0 Å². The van der Waals surface area contributed by atoms with Crippen molar-refractivity contribution in [3.05, 3.63) is 0 Å². The first-order chi connectivity index (χ1) is 8.78. The molecule has 0 spiro atoms. The first-order valence-corrected chi connectivity index (χ1v) is 6.62. The fourth-order valence-corrected chi connectivity index (χ4v) is 2.15. The van der Waals surface area contributed by atoms with Crippen LogP contribution in [0.4, 0.5) is 0 Å². The molecule has 0 radical (unpaired) electrons. The van der Waals surface area contributed by atoms with Crippen molar-refractivity contribution in [2.75, 3.05) is 19.7 Å². The van der Waals surface area contributed by atoms with Gasteiger partial charge in [-0.3, -0.25) is 9.59 Å². The van der Waals surface area contributed by atoms with Gasteiger partial charge >= 0.3 is 5.97 Å². The molecule has 0 aromatic heterocycles. The number of nitrogens with one attached hydrogen (secondary N) is 2. The van der Waals surface area contributed by atoms with E-state index in [1.807, 2.05) is 20.8 Å². The number of aliphatic carboxylic acids is 1. The van der Waals surface area contributed by atoms with Gasteiger partial charge in [0.15, 0.2) is 0 Å². The van der Waals surface area contributed by atoms with Gasteiger partial charge in [0.2, 0.25) is 0 Å². The quantitative estimate of drug-likeness (QED) is 0.673. The molecule has 1 aliphatic heterocycles. The van der Waals surface area contributed by atoms with E-state index in [-0.39, 0.29) is 23.8 Å². The molecule has 0 aliphatic carbocycles. The average Bonchev–Trinajstić information content (AvgIpc) is 2.26. The lowest BCUT2D eigenvalue weighted by atomic mass is 9.87. The maximum absolute atomic E-state index is 12.0. The second-order valence-corrected chi connectivity index (χ2v) is 6.13. The van der Waals surface area contributed by atoms with Crippen LogP contribution in [0.15, 0.2) is 0 Å². The number of rotatable bonds is 5. The van der Waals surface area contributed by atoms with Crippen LogP contribution in [0, 0.1) is 5.41 Å². The largest absolute Gasteiger partial charge is 0.481 e. The predicted octanol–water partition coefficient (Wildman–Crippen LogP) is 0.371. The second kappa shape index (κ2) is 6.86. The van der Waals surface area contributed by atoms with Gasteiger partial charge in [0.25, 0.3) is 5.91 Å². The summed E-state index contributed by atoms with van der Waals surface area (Å²) in [6.07, 6.45) is 0.0268. The number of hydrogen-bond donors (Lipinski definition) is 3. The molecule has 1 aliphatic rings. The highest BCUT2D eigenvalue weighted by molar-refractivity contribution is 5.82. The predicted molar refractivity (Wildman–Crippen MR) is 70.9 cm³/mol. The smallest absolute Gasteiger partial charge is 0.305 e. The molecule has 0 bridgehead atoms. The Balaban J connectivity index is 2.54. The van der Waals surface area contributed by atoms with Gasteiger partial charge in [-0.15, -0.1) is 0 Å². The average molecular weight is 272 g/mol. The lowest BCUT2D eigenvalue weighted by molar-refractivity contribution is -0.139. The summed E-state index contributed by atoms with van der Waals surface area (Å²) in [6.45, 7) is 7.78. The number of carboxylic acid groups (broad SMARTS) is 1. The van der Waals surface area contributed by atoms with E-state index in [1.54, 1.807) is 0 Å². The number of hydrogen-bond acceptors (Lipinski definition) is 4. The summed E-state index contributed by atoms with van der Waals surface area (Å²) in [7, 11) is 0. The van der Waals surface area contributed by atoms with E-state index in [9.17, 15) is 9.59 Å². The molecule has 0 aromatic rings. The zero-order valence-electron chi connectivity index (χ0n) is 11.9. The SMILES string of the molecule is CC(C)(C)CC(CC(=O)O)NC(=O)C1CNCCO1. The Hall–Kier alpha value is -1.14. The van der Waals surface area contributed by atoms with Crippen LogP contribution in [0.25, 0.3) is 0 Å². The second-order valence-electron chi connectivity index (χ2n) is 6.13. The molecule has 2 atom stereocenters. The molecule has 1 fully saturated rings. The van der Waals surface area contributed by atoms with Crippen LogP contribution in [-0.4, -0.2) is 48.8 Å². The topological polar surface area (TPSA) is 87.7 Å². The Labute approximate surface area is 113 Å². The van der Waals surface area contributed by atoms with Gasteiger partial charge in [-0.2, -0.15) is 0 Å². The maximum Gasteiger partial charge on any atom is 0.305 e. The van der Waals surface area contributed by atoms with Crippen molar-refractivity contribution in [2.45, 2.75) is 45.8 Å². The molecule has 1 rings (SSSR count). The number of carbonyl (C=O) groups excluding carboxylic acids is 1. The van der Waals surface area contributed by atoms with Crippen molar-refractivity contribution in [2.24, 2.45) is 5.41 Å². The van der Waals surface area contributed by atoms with Crippen LogP contribution in [-0.2, 0) is 14.3 Å². The lowest BCUT2D eigenvalue weighted by Crippen LogP contribution is -2.51. The third-order valence-electron chi connectivity index (χ3n) is 2.85. The third-order valence-corrected chi connectivity index (χ3v) is 2.85. The van der Waals surface area contributed by atoms with Crippen LogP contribution < -0.4 is 10.6 Å². The summed E-state index contributed by atoms with van der Waals surface area (Å²) >= 11 is 0. The summed E-state index contributed by atoms with van der Waals surface area (Å²) in [6, 6.07) is -0.365. The van der Waals surface area contributed by atoms with E-state index in [0.717, 1.165) is 6.54 Å². The van der Waals surface area contributed by atoms with Gasteiger partial charge < -0.3 is 20.5 Å². The Morgan fingerprint density at radius 1 is 1.47 bits per heavy atom. The molecule has 0 aromatic carbocycles. The van der Waals surface area contributed by atoms with Gasteiger partial charge in [-0.25, -0.2) is 0 Å². The van der Waals surface area contributed by atoms with Gasteiger partial charge in [-0.1, -0.05) is 20.8 Å². The molecular weight excluding hydrogens is 248 g/mol. The molecule has 3 N–H and O–H groups in total. The standard InChI is InChI=1S/C13H24N2O4/c1-13(2,3)7-9(6-11(16)17)15-12(18)10-8-14-4-5-19-10/h9-10,14H,4-8H2,1-3H3,(H,15,18)(H,16,17). The molecule has 2 unspecified atom stereocenters. The normalized spacial score (nSPS) is 21.7. The van der Waals surface area contributed by atoms with Gasteiger partial charge in [-0.05, 0) is 11.8 Å². The summed E-state index contributed by atoms with van der Waals surface area (Å²) in [4.78, 5) is 22.9. The van der Waals surface area contributed by atoms with Gasteiger partial charge in [0, 0.05) is 19.1 Å². The van der Waals surface area contributed by atoms with Crippen LogP contribution >= 0.6 is 0 Å². The fraction of sp³-hybridized carbons (Fsp3) is 0.846. The van der Waals surface area contributed by atoms with Crippen LogP contribution in [0.5, 0.6) is 0 Å². The fourth-order valence-electron chi connectivity index (χ4n) is 2.15. The number of carboxylic acids is 1. The first-order valence-electron chi connectivity index (χ1n) is 6.62. The monoisotopic (exact) mass is 272 g/mol. The molecular formula is C13H24N2O4. The summed E-state index contributed by atoms with van der Waals surface area (Å²) in [5, 5.41) is 14.8. The number of ether oxygens (including phenoxy) is 1. The molecule has 1 saturated heterocycles. The Morgan fingerprint density at radius 2 is 2.16 bits per heavy atom. The van der Waals surface area contributed by atoms with Gasteiger partial charge in [0.1, 0.15) is 6.10 Å². The Kier molecular flexibility index (Phi) is 5.75. The molecule has 6 heteroatoms. The van der Waals surface area contributed by atoms with Gasteiger partial charge in [0.05, 0.1) is 13.0 Å². The van der Waals surface area contributed by atoms with Crippen molar-refractivity contribution < 1.29 is 19.4 Å². The Bertz CT molecular complexity index is 319. The summed E-state index contributed by atoms with van der Waals surface area (Å²) < 4.78 is 5.35. The van der Waals surface area contributed by atoms with Crippen molar-refractivity contribution in [3.8, 4) is 0 Å². The summed E-state index contributed by atoms with van der Waals surface area (Å²) in [5.74, 6) is -1.14. The summed E-state index contributed by atoms with van der Waals surface area (Å²) in [5.41, 5.74) is -0.0426. The zero-order chi connectivity index (χ0) is 14.5. The third kappa shape index (κ3) is 6.54. The molecule has 1 amide bonds. The minimum absolute atomic E-state index is 0.0426. The van der Waals surface area contributed by atoms with Crippen LogP contribution in [0.2, 0.25) is 0 Å². The van der Waals surface area contributed by atoms with E-state index >= 15 is 0 Å². The van der Waals surface area contributed by atoms with E-state index in [4.69, 9.17) is 9.84 Å². The number of amides is 1. The van der Waals surface area contributed by atoms with E-state index in [1.165, 1.54) is 0 Å². The highest BCUT2D eigenvalue weighted by Crippen LogP contribution is 2.22. The maximum atomic E-state index is 12.0. The number of carbonyl (C=O) groups is 2. The Morgan fingerprint density at radius 3 is 2.63 bits per heavy atom. The number of morpholine rings is 1. The highest BCUT2D eigenvalue weighted by Gasteiger charge is 2.27. The highest BCUT2D eigenvalue weighted by atomic mass is 16.5. The van der Waals surface area contributed by atoms with Crippen molar-refractivity contribution >= 4 is 11.9 Å². The van der Waals surface area contributed by atoms with Crippen LogP contribution in [0.3, 0.4) is 0 Å². The minimum atomic E-state index is -0.905. The van der Waals surface area contributed by atoms with Crippen molar-refractivity contribution in [1.29, 1.82) is 0 Å².